The van der Waals surface area contributed by atoms with Gasteiger partial charge in [0.25, 0.3) is 0 Å². The van der Waals surface area contributed by atoms with E-state index < -0.39 is 0 Å². The number of carbonyl (C=O) groups is 1. The largest absolute Gasteiger partial charge is 0.462 e. The maximum Gasteiger partial charge on any atom is 0.302 e. The minimum Gasteiger partial charge on any atom is -0.462 e. The average molecular weight is 387 g/mol. The molecule has 0 aliphatic heterocycles. The van der Waals surface area contributed by atoms with Crippen molar-refractivity contribution in [3.05, 3.63) is 11.6 Å². The summed E-state index contributed by atoms with van der Waals surface area (Å²) in [5.74, 6) is 4.38. The SMILES string of the molecule is CCC[C@@H](C)[C@H]1CC[C@H]2[C@H]3CC=C4C[C@@H](OC(C)=O)CC[C@]4(C)[C@@H]3CC[C@]12C. The molecule has 0 saturated heterocycles. The minimum absolute atomic E-state index is 0.116. The Morgan fingerprint density at radius 3 is 2.68 bits per heavy atom. The van der Waals surface area contributed by atoms with Crippen LogP contribution in [0.2, 0.25) is 0 Å². The summed E-state index contributed by atoms with van der Waals surface area (Å²) in [6.45, 7) is 11.6. The highest BCUT2D eigenvalue weighted by molar-refractivity contribution is 5.66. The van der Waals surface area contributed by atoms with E-state index in [0.29, 0.717) is 10.8 Å². The van der Waals surface area contributed by atoms with Gasteiger partial charge in [-0.15, -0.1) is 0 Å². The molecule has 0 heterocycles. The van der Waals surface area contributed by atoms with Crippen LogP contribution in [0.4, 0.5) is 0 Å². The highest BCUT2D eigenvalue weighted by Gasteiger charge is 2.59. The first-order valence-corrected chi connectivity index (χ1v) is 12.2. The number of hydrogen-bond acceptors (Lipinski definition) is 2. The van der Waals surface area contributed by atoms with Crippen molar-refractivity contribution >= 4 is 5.97 Å². The number of hydrogen-bond donors (Lipinski definition) is 0. The Balaban J connectivity index is 1.54. The van der Waals surface area contributed by atoms with Crippen molar-refractivity contribution in [3.8, 4) is 0 Å². The lowest BCUT2D eigenvalue weighted by Gasteiger charge is -2.58. The predicted molar refractivity (Wildman–Crippen MR) is 115 cm³/mol. The quantitative estimate of drug-likeness (QED) is 0.386. The van der Waals surface area contributed by atoms with Gasteiger partial charge in [-0.2, -0.15) is 0 Å². The molecule has 3 fully saturated rings. The Hall–Kier alpha value is -0.790. The summed E-state index contributed by atoms with van der Waals surface area (Å²) in [6, 6.07) is 0. The molecule has 4 aliphatic carbocycles. The van der Waals surface area contributed by atoms with E-state index in [9.17, 15) is 4.79 Å². The van der Waals surface area contributed by atoms with E-state index in [-0.39, 0.29) is 12.1 Å². The molecule has 0 radical (unpaired) electrons. The molecular weight excluding hydrogens is 344 g/mol. The first-order valence-electron chi connectivity index (χ1n) is 12.2. The lowest BCUT2D eigenvalue weighted by molar-refractivity contribution is -0.148. The molecule has 4 aliphatic rings. The summed E-state index contributed by atoms with van der Waals surface area (Å²) in [5, 5.41) is 0. The second-order valence-electron chi connectivity index (χ2n) is 11.2. The van der Waals surface area contributed by atoms with Crippen LogP contribution in [-0.2, 0) is 9.53 Å². The van der Waals surface area contributed by atoms with Crippen LogP contribution in [0.3, 0.4) is 0 Å². The second-order valence-corrected chi connectivity index (χ2v) is 11.2. The van der Waals surface area contributed by atoms with Gasteiger partial charge in [0.05, 0.1) is 0 Å². The number of rotatable bonds is 4. The minimum atomic E-state index is -0.116. The third-order valence-electron chi connectivity index (χ3n) is 9.90. The van der Waals surface area contributed by atoms with E-state index in [2.05, 4.69) is 33.8 Å². The molecule has 0 aromatic heterocycles. The summed E-state index contributed by atoms with van der Waals surface area (Å²) in [7, 11) is 0. The summed E-state index contributed by atoms with van der Waals surface area (Å²) >= 11 is 0. The zero-order valence-electron chi connectivity index (χ0n) is 18.9. The van der Waals surface area contributed by atoms with Gasteiger partial charge >= 0.3 is 5.97 Å². The molecule has 0 amide bonds. The molecule has 28 heavy (non-hydrogen) atoms. The Bertz CT molecular complexity index is 636. The van der Waals surface area contributed by atoms with Crippen LogP contribution in [0.15, 0.2) is 11.6 Å². The third kappa shape index (κ3) is 3.18. The first kappa shape index (κ1) is 20.5. The van der Waals surface area contributed by atoms with E-state index in [1.165, 1.54) is 51.4 Å². The highest BCUT2D eigenvalue weighted by Crippen LogP contribution is 2.67. The van der Waals surface area contributed by atoms with Crippen molar-refractivity contribution in [2.75, 3.05) is 0 Å². The van der Waals surface area contributed by atoms with Gasteiger partial charge in [0, 0.05) is 13.3 Å². The van der Waals surface area contributed by atoms with Crippen LogP contribution in [0.1, 0.15) is 98.8 Å². The molecule has 0 unspecified atom stereocenters. The van der Waals surface area contributed by atoms with E-state index >= 15 is 0 Å². The monoisotopic (exact) mass is 386 g/mol. The maximum absolute atomic E-state index is 11.4. The number of esters is 1. The van der Waals surface area contributed by atoms with Crippen LogP contribution >= 0.6 is 0 Å². The Labute approximate surface area is 172 Å². The molecule has 8 atom stereocenters. The van der Waals surface area contributed by atoms with Crippen molar-refractivity contribution in [3.63, 3.8) is 0 Å². The topological polar surface area (TPSA) is 26.3 Å². The molecule has 0 bridgehead atoms. The molecule has 0 spiro atoms. The van der Waals surface area contributed by atoms with Crippen LogP contribution < -0.4 is 0 Å². The first-order chi connectivity index (χ1) is 13.3. The summed E-state index contributed by atoms with van der Waals surface area (Å²) in [5.41, 5.74) is 2.55. The molecule has 0 N–H and O–H groups in total. The zero-order valence-corrected chi connectivity index (χ0v) is 18.9. The molecule has 158 valence electrons. The molecule has 2 nitrogen and oxygen atoms in total. The number of fused-ring (bicyclic) bond motifs is 5. The fraction of sp³-hybridized carbons (Fsp3) is 0.885. The van der Waals surface area contributed by atoms with Gasteiger partial charge in [-0.1, -0.05) is 52.2 Å². The normalized spacial score (nSPS) is 46.0. The van der Waals surface area contributed by atoms with Crippen LogP contribution in [0.5, 0.6) is 0 Å². The Kier molecular flexibility index (Phi) is 5.47. The predicted octanol–water partition coefficient (Wildman–Crippen LogP) is 6.93. The Morgan fingerprint density at radius 2 is 1.96 bits per heavy atom. The second kappa shape index (κ2) is 7.47. The van der Waals surface area contributed by atoms with Crippen LogP contribution in [-0.4, -0.2) is 12.1 Å². The van der Waals surface area contributed by atoms with E-state index in [0.717, 1.165) is 42.4 Å². The summed E-state index contributed by atoms with van der Waals surface area (Å²) in [4.78, 5) is 11.4. The standard InChI is InChI=1S/C26H42O2/c1-6-7-17(2)22-10-11-23-21-9-8-19-16-20(28-18(3)27)12-14-25(19,4)24(21)13-15-26(22,23)5/h8,17,20-24H,6-7,9-16H2,1-5H3/t17-,20+,21-,22-,23+,24-,25+,26-/m1/s1. The molecular formula is C26H42O2. The fourth-order valence-corrected chi connectivity index (χ4v) is 8.59. The van der Waals surface area contributed by atoms with Crippen LogP contribution in [0, 0.1) is 40.4 Å². The van der Waals surface area contributed by atoms with Crippen molar-refractivity contribution in [1.29, 1.82) is 0 Å². The van der Waals surface area contributed by atoms with Gasteiger partial charge in [0.2, 0.25) is 0 Å². The van der Waals surface area contributed by atoms with Gasteiger partial charge in [0.15, 0.2) is 0 Å². The smallest absolute Gasteiger partial charge is 0.302 e. The number of allylic oxidation sites excluding steroid dienone is 1. The fourth-order valence-electron chi connectivity index (χ4n) is 8.59. The van der Waals surface area contributed by atoms with Crippen molar-refractivity contribution in [1.82, 2.24) is 0 Å². The van der Waals surface area contributed by atoms with Gasteiger partial charge in [-0.05, 0) is 85.4 Å². The lowest BCUT2D eigenvalue weighted by atomic mass is 9.47. The highest BCUT2D eigenvalue weighted by atomic mass is 16.5. The molecule has 2 heteroatoms. The number of ether oxygens (including phenoxy) is 1. The summed E-state index contributed by atoms with van der Waals surface area (Å²) in [6.07, 6.45) is 15.7. The zero-order chi connectivity index (χ0) is 20.1. The van der Waals surface area contributed by atoms with Crippen molar-refractivity contribution in [2.45, 2.75) is 105 Å². The lowest BCUT2D eigenvalue weighted by Crippen LogP contribution is -2.51. The van der Waals surface area contributed by atoms with E-state index in [1.54, 1.807) is 12.5 Å². The van der Waals surface area contributed by atoms with Crippen LogP contribution in [0.25, 0.3) is 0 Å². The van der Waals surface area contributed by atoms with Gasteiger partial charge in [-0.25, -0.2) is 0 Å². The van der Waals surface area contributed by atoms with Gasteiger partial charge in [-0.3, -0.25) is 4.79 Å². The molecule has 0 aromatic carbocycles. The average Bonchev–Trinajstić information content (AvgIpc) is 2.99. The summed E-state index contributed by atoms with van der Waals surface area (Å²) < 4.78 is 5.59. The number of carbonyl (C=O) groups excluding carboxylic acids is 1. The van der Waals surface area contributed by atoms with E-state index in [1.807, 2.05) is 0 Å². The molecule has 0 aromatic rings. The van der Waals surface area contributed by atoms with Crippen molar-refractivity contribution < 1.29 is 9.53 Å². The third-order valence-corrected chi connectivity index (χ3v) is 9.90. The molecule has 3 saturated carbocycles. The molecule has 4 rings (SSSR count). The van der Waals surface area contributed by atoms with Gasteiger partial charge in [0.1, 0.15) is 6.10 Å². The Morgan fingerprint density at radius 1 is 1.18 bits per heavy atom. The van der Waals surface area contributed by atoms with Gasteiger partial charge < -0.3 is 4.74 Å². The maximum atomic E-state index is 11.4. The van der Waals surface area contributed by atoms with Crippen molar-refractivity contribution in [2.24, 2.45) is 40.4 Å². The van der Waals surface area contributed by atoms with E-state index in [4.69, 9.17) is 4.74 Å².